The van der Waals surface area contributed by atoms with E-state index < -0.39 is 0 Å². The lowest BCUT2D eigenvalue weighted by atomic mass is 10.0. The van der Waals surface area contributed by atoms with Gasteiger partial charge in [-0.3, -0.25) is 4.98 Å². The van der Waals surface area contributed by atoms with Gasteiger partial charge in [-0.25, -0.2) is 4.79 Å². The number of hydrogen-bond acceptors (Lipinski definition) is 4. The zero-order valence-corrected chi connectivity index (χ0v) is 25.5. The molecular weight excluding hydrogens is 506 g/mol. The third-order valence-electron chi connectivity index (χ3n) is 7.62. The molecule has 0 bridgehead atoms. The fraction of sp³-hybridized carbons (Fsp3) is 0.514. The second-order valence-electron chi connectivity index (χ2n) is 11.2. The maximum atomic E-state index is 12.7. The van der Waals surface area contributed by atoms with Crippen LogP contribution in [-0.2, 0) is 6.42 Å². The number of aryl methyl sites for hydroxylation is 1. The first kappa shape index (κ1) is 32.4. The molecule has 4 nitrogen and oxygen atoms in total. The van der Waals surface area contributed by atoms with Crippen LogP contribution >= 0.6 is 0 Å². The predicted octanol–water partition coefficient (Wildman–Crippen LogP) is 10.8. The first-order chi connectivity index (χ1) is 20.2. The summed E-state index contributed by atoms with van der Waals surface area (Å²) in [5, 5.41) is 0. The molecule has 0 unspecified atom stereocenters. The van der Waals surface area contributed by atoms with E-state index in [1.54, 1.807) is 6.20 Å². The van der Waals surface area contributed by atoms with E-state index in [0.717, 1.165) is 36.5 Å². The molecule has 222 valence electrons. The van der Waals surface area contributed by atoms with Crippen molar-refractivity contribution in [1.82, 2.24) is 4.98 Å². The Morgan fingerprint density at radius 3 is 1.76 bits per heavy atom. The van der Waals surface area contributed by atoms with Crippen LogP contribution in [0.3, 0.4) is 0 Å². The van der Waals surface area contributed by atoms with Crippen molar-refractivity contribution in [2.75, 3.05) is 6.61 Å². The molecule has 41 heavy (non-hydrogen) atoms. The number of ether oxygens (including phenoxy) is 2. The number of nitrogens with zero attached hydrogens (tertiary/aromatic N) is 1. The molecule has 0 fully saturated rings. The summed E-state index contributed by atoms with van der Waals surface area (Å²) in [7, 11) is 0. The van der Waals surface area contributed by atoms with Crippen molar-refractivity contribution in [2.45, 2.75) is 117 Å². The Morgan fingerprint density at radius 2 is 1.17 bits per heavy atom. The van der Waals surface area contributed by atoms with Crippen molar-refractivity contribution in [2.24, 2.45) is 0 Å². The fourth-order valence-corrected chi connectivity index (χ4v) is 5.02. The van der Waals surface area contributed by atoms with Crippen LogP contribution in [-0.4, -0.2) is 17.6 Å². The molecule has 3 rings (SSSR count). The number of pyridine rings is 1. The van der Waals surface area contributed by atoms with E-state index in [1.807, 2.05) is 48.5 Å². The minimum absolute atomic E-state index is 0.336. The molecule has 2 aromatic carbocycles. The van der Waals surface area contributed by atoms with Crippen molar-refractivity contribution in [1.29, 1.82) is 0 Å². The molecule has 0 aliphatic heterocycles. The summed E-state index contributed by atoms with van der Waals surface area (Å²) in [5.74, 6) is 0.988. The molecule has 0 radical (unpaired) electrons. The van der Waals surface area contributed by atoms with Crippen molar-refractivity contribution in [3.63, 3.8) is 0 Å². The Balaban J connectivity index is 1.36. The number of benzene rings is 2. The number of carbonyl (C=O) groups is 1. The smallest absolute Gasteiger partial charge is 0.343 e. The lowest BCUT2D eigenvalue weighted by molar-refractivity contribution is 0.0734. The number of esters is 1. The van der Waals surface area contributed by atoms with Crippen LogP contribution in [0.25, 0.3) is 11.3 Å². The molecule has 3 aromatic rings. The molecule has 4 heteroatoms. The highest BCUT2D eigenvalue weighted by molar-refractivity contribution is 5.91. The highest BCUT2D eigenvalue weighted by Crippen LogP contribution is 2.23. The van der Waals surface area contributed by atoms with Crippen molar-refractivity contribution in [3.05, 3.63) is 78.0 Å². The van der Waals surface area contributed by atoms with Crippen LogP contribution in [0.4, 0.5) is 0 Å². The van der Waals surface area contributed by atoms with Gasteiger partial charge >= 0.3 is 5.97 Å². The largest absolute Gasteiger partial charge is 0.492 e. The zero-order valence-electron chi connectivity index (χ0n) is 25.5. The minimum atomic E-state index is -0.336. The van der Waals surface area contributed by atoms with Crippen LogP contribution in [0.5, 0.6) is 11.5 Å². The van der Waals surface area contributed by atoms with Gasteiger partial charge in [-0.2, -0.15) is 0 Å². The molecule has 0 aliphatic carbocycles. The van der Waals surface area contributed by atoms with Gasteiger partial charge in [0, 0.05) is 5.56 Å². The molecule has 0 atom stereocenters. The molecule has 0 spiro atoms. The van der Waals surface area contributed by atoms with Crippen LogP contribution in [0.15, 0.2) is 66.9 Å². The highest BCUT2D eigenvalue weighted by atomic mass is 16.5. The molecule has 0 saturated heterocycles. The van der Waals surface area contributed by atoms with Gasteiger partial charge in [-0.15, -0.1) is 0 Å². The molecule has 0 amide bonds. The van der Waals surface area contributed by atoms with E-state index in [2.05, 4.69) is 31.0 Å². The quantitative estimate of drug-likeness (QED) is 0.0742. The summed E-state index contributed by atoms with van der Waals surface area (Å²) in [6.45, 7) is 5.24. The van der Waals surface area contributed by atoms with Crippen LogP contribution in [0.1, 0.15) is 126 Å². The Bertz CT molecular complexity index is 1090. The van der Waals surface area contributed by atoms with E-state index in [1.165, 1.54) is 95.5 Å². The van der Waals surface area contributed by atoms with Gasteiger partial charge in [0.1, 0.15) is 11.5 Å². The normalized spacial score (nSPS) is 11.0. The van der Waals surface area contributed by atoms with Crippen LogP contribution in [0, 0.1) is 0 Å². The average Bonchev–Trinajstić information content (AvgIpc) is 3.01. The van der Waals surface area contributed by atoms with Gasteiger partial charge in [-0.1, -0.05) is 109 Å². The van der Waals surface area contributed by atoms with Crippen molar-refractivity contribution in [3.8, 4) is 22.8 Å². The lowest BCUT2D eigenvalue weighted by Crippen LogP contribution is -2.08. The number of unbranched alkanes of at least 4 members (excludes halogenated alkanes) is 13. The SMILES string of the molecule is CCCCCCCCCCc1ccc(C(=O)Oc2ccc(-c3ccc(OCCCCCCCCC)cn3)cc2)cc1. The molecule has 0 N–H and O–H groups in total. The van der Waals surface area contributed by atoms with Gasteiger partial charge in [-0.05, 0) is 73.4 Å². The standard InChI is InChI=1S/C37H51NO3/c1-3-5-7-9-11-12-14-16-18-31-19-21-33(22-20-31)37(39)41-34-25-23-32(24-26-34)36-28-27-35(30-38-36)40-29-17-15-13-10-8-6-4-2/h19-28,30H,3-18,29H2,1-2H3. The fourth-order valence-electron chi connectivity index (χ4n) is 5.02. The molecule has 1 heterocycles. The molecular formula is C37H51NO3. The van der Waals surface area contributed by atoms with Crippen LogP contribution in [0.2, 0.25) is 0 Å². The number of rotatable bonds is 21. The number of carbonyl (C=O) groups excluding carboxylic acids is 1. The Kier molecular flexibility index (Phi) is 15.7. The molecule has 0 aliphatic rings. The first-order valence-corrected chi connectivity index (χ1v) is 16.2. The second kappa shape index (κ2) is 19.9. The predicted molar refractivity (Wildman–Crippen MR) is 171 cm³/mol. The van der Waals surface area contributed by atoms with Crippen LogP contribution < -0.4 is 9.47 Å². The maximum absolute atomic E-state index is 12.7. The van der Waals surface area contributed by atoms with Crippen molar-refractivity contribution < 1.29 is 14.3 Å². The third kappa shape index (κ3) is 12.9. The summed E-state index contributed by atoms with van der Waals surface area (Å²) in [5.41, 5.74) is 3.67. The topological polar surface area (TPSA) is 48.4 Å². The third-order valence-corrected chi connectivity index (χ3v) is 7.62. The van der Waals surface area contributed by atoms with Gasteiger partial charge in [0.2, 0.25) is 0 Å². The first-order valence-electron chi connectivity index (χ1n) is 16.2. The van der Waals surface area contributed by atoms with E-state index >= 15 is 0 Å². The lowest BCUT2D eigenvalue weighted by Gasteiger charge is -2.08. The van der Waals surface area contributed by atoms with Gasteiger partial charge in [0.25, 0.3) is 0 Å². The van der Waals surface area contributed by atoms with Gasteiger partial charge < -0.3 is 9.47 Å². The molecule has 0 saturated carbocycles. The van der Waals surface area contributed by atoms with Crippen molar-refractivity contribution >= 4 is 5.97 Å². The minimum Gasteiger partial charge on any atom is -0.492 e. The summed E-state index contributed by atoms with van der Waals surface area (Å²) in [6.07, 6.45) is 22.3. The Hall–Kier alpha value is -3.14. The van der Waals surface area contributed by atoms with Gasteiger partial charge in [0.15, 0.2) is 0 Å². The van der Waals surface area contributed by atoms with E-state index in [0.29, 0.717) is 11.3 Å². The monoisotopic (exact) mass is 557 g/mol. The maximum Gasteiger partial charge on any atom is 0.343 e. The highest BCUT2D eigenvalue weighted by Gasteiger charge is 2.09. The summed E-state index contributed by atoms with van der Waals surface area (Å²) in [4.78, 5) is 17.2. The van der Waals surface area contributed by atoms with E-state index in [4.69, 9.17) is 9.47 Å². The van der Waals surface area contributed by atoms with E-state index in [-0.39, 0.29) is 5.97 Å². The van der Waals surface area contributed by atoms with Gasteiger partial charge in [0.05, 0.1) is 24.1 Å². The average molecular weight is 558 g/mol. The summed E-state index contributed by atoms with van der Waals surface area (Å²) >= 11 is 0. The Labute approximate surface area is 248 Å². The summed E-state index contributed by atoms with van der Waals surface area (Å²) in [6, 6.07) is 19.3. The number of aromatic nitrogens is 1. The molecule has 1 aromatic heterocycles. The zero-order chi connectivity index (χ0) is 29.0. The summed E-state index contributed by atoms with van der Waals surface area (Å²) < 4.78 is 11.5. The van der Waals surface area contributed by atoms with E-state index in [9.17, 15) is 4.79 Å². The second-order valence-corrected chi connectivity index (χ2v) is 11.2. The Morgan fingerprint density at radius 1 is 0.610 bits per heavy atom. The number of hydrogen-bond donors (Lipinski definition) is 0.